The molecule has 0 fully saturated rings. The minimum absolute atomic E-state index is 0.105. The Morgan fingerprint density at radius 2 is 2.11 bits per heavy atom. The molecule has 134 valence electrons. The average molecular weight is 410 g/mol. The van der Waals surface area contributed by atoms with Crippen LogP contribution in [0.2, 0.25) is 0 Å². The second kappa shape index (κ2) is 7.69. The molecule has 0 bridgehead atoms. The molecule has 3 aromatic rings. The predicted octanol–water partition coefficient (Wildman–Crippen LogP) is 4.81. The average Bonchev–Trinajstić information content (AvgIpc) is 3.41. The quantitative estimate of drug-likeness (QED) is 0.614. The van der Waals surface area contributed by atoms with Crippen LogP contribution < -0.4 is 5.73 Å². The molecule has 0 saturated carbocycles. The Hall–Kier alpha value is -2.40. The fourth-order valence-electron chi connectivity index (χ4n) is 3.21. The maximum absolute atomic E-state index is 11.3. The van der Waals surface area contributed by atoms with Crippen molar-refractivity contribution in [1.29, 1.82) is 5.26 Å². The minimum Gasteiger partial charge on any atom is -0.369 e. The fourth-order valence-corrected chi connectivity index (χ4v) is 5.43. The first-order chi connectivity index (χ1) is 13.2. The Bertz CT molecular complexity index is 1060. The third kappa shape index (κ3) is 3.56. The number of nitrogens with zero attached hydrogens (tertiary/aromatic N) is 2. The largest absolute Gasteiger partial charge is 0.369 e. The molecule has 0 aromatic carbocycles. The molecule has 3 aromatic heterocycles. The zero-order chi connectivity index (χ0) is 18.8. The van der Waals surface area contributed by atoms with E-state index in [-0.39, 0.29) is 5.75 Å². The van der Waals surface area contributed by atoms with E-state index in [1.807, 2.05) is 23.6 Å². The molecule has 7 heteroatoms. The molecule has 1 amide bonds. The van der Waals surface area contributed by atoms with Gasteiger partial charge in [0.2, 0.25) is 5.91 Å². The molecule has 4 nitrogen and oxygen atoms in total. The highest BCUT2D eigenvalue weighted by Gasteiger charge is 2.27. The van der Waals surface area contributed by atoms with Crippen molar-refractivity contribution >= 4 is 52.0 Å². The number of rotatable bonds is 5. The number of thioether (sulfide) groups is 1. The maximum Gasteiger partial charge on any atom is 0.227 e. The molecule has 27 heavy (non-hydrogen) atoms. The topological polar surface area (TPSA) is 79.8 Å². The van der Waals surface area contributed by atoms with Crippen molar-refractivity contribution in [1.82, 2.24) is 4.98 Å². The number of primary amides is 1. The molecule has 2 N–H and O–H groups in total. The summed E-state index contributed by atoms with van der Waals surface area (Å²) in [7, 11) is 0. The van der Waals surface area contributed by atoms with Crippen LogP contribution in [-0.4, -0.2) is 16.6 Å². The van der Waals surface area contributed by atoms with E-state index in [9.17, 15) is 10.1 Å². The van der Waals surface area contributed by atoms with Gasteiger partial charge in [0.05, 0.1) is 17.0 Å². The van der Waals surface area contributed by atoms with Crippen LogP contribution in [0.5, 0.6) is 0 Å². The zero-order valence-corrected chi connectivity index (χ0v) is 16.7. The number of aromatic nitrogens is 1. The number of pyridine rings is 1. The Balaban J connectivity index is 1.91. The molecule has 0 radical (unpaired) electrons. The number of allylic oxidation sites excluding steroid dienone is 1. The van der Waals surface area contributed by atoms with Crippen LogP contribution in [0, 0.1) is 11.3 Å². The number of amides is 1. The van der Waals surface area contributed by atoms with E-state index in [0.29, 0.717) is 10.6 Å². The molecule has 0 atom stereocenters. The number of nitrogens with two attached hydrogens (primary N) is 1. The predicted molar refractivity (Wildman–Crippen MR) is 113 cm³/mol. The maximum atomic E-state index is 11.3. The van der Waals surface area contributed by atoms with Gasteiger partial charge in [0, 0.05) is 15.3 Å². The Morgan fingerprint density at radius 1 is 1.30 bits per heavy atom. The monoisotopic (exact) mass is 409 g/mol. The van der Waals surface area contributed by atoms with E-state index >= 15 is 0 Å². The van der Waals surface area contributed by atoms with Crippen molar-refractivity contribution in [2.75, 3.05) is 5.75 Å². The van der Waals surface area contributed by atoms with E-state index in [1.165, 1.54) is 22.2 Å². The highest BCUT2D eigenvalue weighted by Crippen LogP contribution is 2.44. The fraction of sp³-hybridized carbons (Fsp3) is 0.150. The molecule has 0 unspecified atom stereocenters. The summed E-state index contributed by atoms with van der Waals surface area (Å²) in [6.07, 6.45) is 3.94. The van der Waals surface area contributed by atoms with E-state index in [0.717, 1.165) is 34.5 Å². The van der Waals surface area contributed by atoms with Crippen molar-refractivity contribution in [3.8, 4) is 16.5 Å². The lowest BCUT2D eigenvalue weighted by Crippen LogP contribution is -2.13. The summed E-state index contributed by atoms with van der Waals surface area (Å²) in [6.45, 7) is 0. The number of thiophene rings is 2. The summed E-state index contributed by atoms with van der Waals surface area (Å²) in [6, 6.07) is 10.5. The van der Waals surface area contributed by atoms with Crippen molar-refractivity contribution in [3.05, 3.63) is 56.7 Å². The SMILES string of the molecule is N#Cc1c(SCC(N)=O)nc2c(c1-c1cccs1)CC/C2=C/c1cccs1. The normalized spacial score (nSPS) is 14.3. The Labute approximate surface area is 169 Å². The molecule has 4 rings (SSSR count). The number of carbonyl (C=O) groups is 1. The van der Waals surface area contributed by atoms with Crippen LogP contribution in [0.4, 0.5) is 0 Å². The van der Waals surface area contributed by atoms with Gasteiger partial charge in [-0.25, -0.2) is 4.98 Å². The van der Waals surface area contributed by atoms with E-state index in [1.54, 1.807) is 22.7 Å². The lowest BCUT2D eigenvalue weighted by Gasteiger charge is -2.13. The first kappa shape index (κ1) is 18.0. The molecular weight excluding hydrogens is 394 g/mol. The number of hydrogen-bond acceptors (Lipinski definition) is 6. The molecule has 0 spiro atoms. The highest BCUT2D eigenvalue weighted by molar-refractivity contribution is 8.00. The van der Waals surface area contributed by atoms with Crippen LogP contribution in [0.1, 0.15) is 28.1 Å². The van der Waals surface area contributed by atoms with Gasteiger partial charge in [0.25, 0.3) is 0 Å². The van der Waals surface area contributed by atoms with E-state index in [4.69, 9.17) is 10.7 Å². The van der Waals surface area contributed by atoms with Crippen molar-refractivity contribution in [3.63, 3.8) is 0 Å². The Morgan fingerprint density at radius 3 is 2.78 bits per heavy atom. The van der Waals surface area contributed by atoms with E-state index < -0.39 is 5.91 Å². The van der Waals surface area contributed by atoms with Crippen molar-refractivity contribution in [2.45, 2.75) is 17.9 Å². The smallest absolute Gasteiger partial charge is 0.227 e. The Kier molecular flexibility index (Phi) is 5.12. The highest BCUT2D eigenvalue weighted by atomic mass is 32.2. The summed E-state index contributed by atoms with van der Waals surface area (Å²) in [5.74, 6) is -0.313. The lowest BCUT2D eigenvalue weighted by atomic mass is 10.0. The van der Waals surface area contributed by atoms with Crippen LogP contribution in [0.3, 0.4) is 0 Å². The van der Waals surface area contributed by atoms with Gasteiger partial charge >= 0.3 is 0 Å². The zero-order valence-electron chi connectivity index (χ0n) is 14.3. The van der Waals surface area contributed by atoms with Crippen molar-refractivity contribution in [2.24, 2.45) is 5.73 Å². The van der Waals surface area contributed by atoms with E-state index in [2.05, 4.69) is 23.6 Å². The van der Waals surface area contributed by atoms with Gasteiger partial charge in [-0.05, 0) is 52.9 Å². The minimum atomic E-state index is -0.418. The summed E-state index contributed by atoms with van der Waals surface area (Å²) in [5.41, 5.74) is 10.1. The summed E-state index contributed by atoms with van der Waals surface area (Å²) in [5, 5.41) is 14.5. The standard InChI is InChI=1S/C20H15N3OS3/c21-10-15-18(16-4-2-8-26-16)14-6-5-12(9-13-3-1-7-25-13)19(14)23-20(15)27-11-17(22)24/h1-4,7-9H,5-6,11H2,(H2,22,24)/b12-9-. The van der Waals surface area contributed by atoms with Gasteiger partial charge < -0.3 is 5.73 Å². The molecule has 1 aliphatic rings. The first-order valence-corrected chi connectivity index (χ1v) is 11.1. The third-order valence-corrected chi connectivity index (χ3v) is 7.01. The van der Waals surface area contributed by atoms with Gasteiger partial charge in [-0.3, -0.25) is 4.79 Å². The third-order valence-electron chi connectivity index (χ3n) is 4.30. The second-order valence-corrected chi connectivity index (χ2v) is 8.91. The molecule has 3 heterocycles. The van der Waals surface area contributed by atoms with Gasteiger partial charge in [-0.2, -0.15) is 5.26 Å². The van der Waals surface area contributed by atoms with Gasteiger partial charge in [0.15, 0.2) is 0 Å². The van der Waals surface area contributed by atoms with Crippen LogP contribution in [0.25, 0.3) is 22.1 Å². The number of carbonyl (C=O) groups excluding carboxylic acids is 1. The second-order valence-electron chi connectivity index (χ2n) is 6.02. The summed E-state index contributed by atoms with van der Waals surface area (Å²) >= 11 is 4.54. The van der Waals surface area contributed by atoms with Gasteiger partial charge in [-0.1, -0.05) is 23.9 Å². The van der Waals surface area contributed by atoms with Crippen LogP contribution >= 0.6 is 34.4 Å². The molecular formula is C20H15N3OS3. The molecule has 0 saturated heterocycles. The summed E-state index contributed by atoms with van der Waals surface area (Å²) in [4.78, 5) is 18.3. The number of hydrogen-bond donors (Lipinski definition) is 1. The lowest BCUT2D eigenvalue weighted by molar-refractivity contribution is -0.115. The number of nitriles is 1. The number of fused-ring (bicyclic) bond motifs is 1. The molecule has 1 aliphatic carbocycles. The first-order valence-electron chi connectivity index (χ1n) is 8.33. The summed E-state index contributed by atoms with van der Waals surface area (Å²) < 4.78 is 0. The van der Waals surface area contributed by atoms with Crippen LogP contribution in [0.15, 0.2) is 40.1 Å². The van der Waals surface area contributed by atoms with Crippen LogP contribution in [-0.2, 0) is 11.2 Å². The van der Waals surface area contributed by atoms with Gasteiger partial charge in [-0.15, -0.1) is 22.7 Å². The molecule has 0 aliphatic heterocycles. The van der Waals surface area contributed by atoms with Crippen molar-refractivity contribution < 1.29 is 4.79 Å². The van der Waals surface area contributed by atoms with Gasteiger partial charge in [0.1, 0.15) is 11.1 Å².